The van der Waals surface area contributed by atoms with E-state index >= 15 is 0 Å². The van der Waals surface area contributed by atoms with Crippen LogP contribution in [0.1, 0.15) is 19.0 Å². The highest BCUT2D eigenvalue weighted by Gasteiger charge is 2.44. The quantitative estimate of drug-likeness (QED) is 0.449. The smallest absolute Gasteiger partial charge is 0.311 e. The van der Waals surface area contributed by atoms with Gasteiger partial charge in [0.05, 0.1) is 18.6 Å². The lowest BCUT2D eigenvalue weighted by Gasteiger charge is -2.24. The Morgan fingerprint density at radius 2 is 2.12 bits per heavy atom. The van der Waals surface area contributed by atoms with E-state index in [1.165, 1.54) is 0 Å². The molecule has 0 aromatic carbocycles. The Balaban J connectivity index is 2.00. The number of anilines is 1. The summed E-state index contributed by atoms with van der Waals surface area (Å²) < 4.78 is 33.9. The molecule has 0 spiro atoms. The van der Waals surface area contributed by atoms with Gasteiger partial charge in [-0.2, -0.15) is 14.4 Å². The van der Waals surface area contributed by atoms with Gasteiger partial charge in [-0.1, -0.05) is 17.5 Å². The molecule has 24 heavy (non-hydrogen) atoms. The molecule has 2 fully saturated rings. The topological polar surface area (TPSA) is 51.1 Å². The molecule has 2 aromatic rings. The number of hydrogen-bond donors (Lipinski definition) is 0. The molecule has 2 unspecified atom stereocenters. The van der Waals surface area contributed by atoms with Gasteiger partial charge in [-0.15, -0.1) is 0 Å². The molecule has 3 heterocycles. The van der Waals surface area contributed by atoms with Crippen LogP contribution in [0.15, 0.2) is 0 Å². The van der Waals surface area contributed by atoms with Crippen LogP contribution in [-0.4, -0.2) is 40.8 Å². The van der Waals surface area contributed by atoms with Gasteiger partial charge in [-0.25, -0.2) is 9.37 Å². The molecule has 2 atom stereocenters. The van der Waals surface area contributed by atoms with E-state index < -0.39 is 11.9 Å². The first-order valence-corrected chi connectivity index (χ1v) is 7.97. The van der Waals surface area contributed by atoms with Crippen molar-refractivity contribution in [1.29, 1.82) is 0 Å². The Kier molecular flexibility index (Phi) is 3.74. The fourth-order valence-corrected chi connectivity index (χ4v) is 3.31. The summed E-state index contributed by atoms with van der Waals surface area (Å²) in [6, 6.07) is 0.200. The fraction of sp³-hybridized carbons (Fsp3) is 0.438. The van der Waals surface area contributed by atoms with E-state index in [0.717, 1.165) is 6.42 Å². The number of ether oxygens (including phenoxy) is 1. The van der Waals surface area contributed by atoms with Crippen LogP contribution in [0.3, 0.4) is 0 Å². The monoisotopic (exact) mass is 350 g/mol. The summed E-state index contributed by atoms with van der Waals surface area (Å²) in [4.78, 5) is 13.5. The van der Waals surface area contributed by atoms with Gasteiger partial charge < -0.3 is 9.64 Å². The summed E-state index contributed by atoms with van der Waals surface area (Å²) in [7, 11) is 0. The predicted octanol–water partition coefficient (Wildman–Crippen LogP) is 2.55. The SMILES string of the molecule is CC#Cc1nc(Cl)c(F)c2nc(F)nc(N3CCOCC4CC43)c12. The van der Waals surface area contributed by atoms with Crippen LogP contribution < -0.4 is 4.90 Å². The molecular weight excluding hydrogens is 338 g/mol. The minimum atomic E-state index is -1.00. The van der Waals surface area contributed by atoms with Gasteiger partial charge in [0.25, 0.3) is 0 Å². The fourth-order valence-electron chi connectivity index (χ4n) is 3.14. The minimum Gasteiger partial charge on any atom is -0.379 e. The number of pyridine rings is 1. The average molecular weight is 351 g/mol. The van der Waals surface area contributed by atoms with Gasteiger partial charge in [0.2, 0.25) is 0 Å². The lowest BCUT2D eigenvalue weighted by molar-refractivity contribution is 0.139. The van der Waals surface area contributed by atoms with Gasteiger partial charge in [0, 0.05) is 18.5 Å². The van der Waals surface area contributed by atoms with Crippen molar-refractivity contribution < 1.29 is 13.5 Å². The Morgan fingerprint density at radius 1 is 1.29 bits per heavy atom. The van der Waals surface area contributed by atoms with E-state index in [0.29, 0.717) is 36.9 Å². The van der Waals surface area contributed by atoms with Crippen molar-refractivity contribution >= 4 is 28.3 Å². The van der Waals surface area contributed by atoms with E-state index in [4.69, 9.17) is 16.3 Å². The molecule has 124 valence electrons. The van der Waals surface area contributed by atoms with Gasteiger partial charge in [-0.05, 0) is 19.3 Å². The molecule has 0 bridgehead atoms. The molecule has 2 aromatic heterocycles. The van der Waals surface area contributed by atoms with E-state index in [1.54, 1.807) is 6.92 Å². The van der Waals surface area contributed by atoms with E-state index in [9.17, 15) is 8.78 Å². The molecule has 1 aliphatic carbocycles. The first-order valence-electron chi connectivity index (χ1n) is 7.59. The van der Waals surface area contributed by atoms with Crippen molar-refractivity contribution in [3.05, 3.63) is 22.7 Å². The highest BCUT2D eigenvalue weighted by atomic mass is 35.5. The summed E-state index contributed by atoms with van der Waals surface area (Å²) in [6.07, 6.45) is -0.0674. The predicted molar refractivity (Wildman–Crippen MR) is 84.9 cm³/mol. The van der Waals surface area contributed by atoms with E-state index in [-0.39, 0.29) is 22.4 Å². The van der Waals surface area contributed by atoms with E-state index in [2.05, 4.69) is 26.8 Å². The maximum absolute atomic E-state index is 14.4. The van der Waals surface area contributed by atoms with E-state index in [1.807, 2.05) is 4.90 Å². The molecule has 0 amide bonds. The maximum Gasteiger partial charge on any atom is 0.311 e. The van der Waals surface area contributed by atoms with Crippen LogP contribution in [0.2, 0.25) is 5.15 Å². The normalized spacial score (nSPS) is 22.6. The van der Waals surface area contributed by atoms with Gasteiger partial charge in [0.15, 0.2) is 11.0 Å². The van der Waals surface area contributed by atoms with Crippen LogP contribution >= 0.6 is 11.6 Å². The van der Waals surface area contributed by atoms with Crippen molar-refractivity contribution in [1.82, 2.24) is 15.0 Å². The highest BCUT2D eigenvalue weighted by molar-refractivity contribution is 6.30. The van der Waals surface area contributed by atoms with Crippen molar-refractivity contribution in [3.63, 3.8) is 0 Å². The van der Waals surface area contributed by atoms with Crippen molar-refractivity contribution in [2.75, 3.05) is 24.7 Å². The van der Waals surface area contributed by atoms with Gasteiger partial charge in [0.1, 0.15) is 17.0 Å². The Morgan fingerprint density at radius 3 is 2.92 bits per heavy atom. The largest absolute Gasteiger partial charge is 0.379 e. The third-order valence-electron chi connectivity index (χ3n) is 4.31. The standard InChI is InChI=1S/C16H13ClF2N4O/c1-2-3-9-11-13(12(18)14(17)20-9)21-16(19)22-15(11)23-4-5-24-7-8-6-10(8)23/h8,10H,4-7H2,1H3. The number of fused-ring (bicyclic) bond motifs is 2. The summed E-state index contributed by atoms with van der Waals surface area (Å²) in [5.41, 5.74) is 0.0499. The number of nitrogens with zero attached hydrogens (tertiary/aromatic N) is 4. The third kappa shape index (κ3) is 2.46. The zero-order valence-corrected chi connectivity index (χ0v) is 13.6. The van der Waals surface area contributed by atoms with Gasteiger partial charge >= 0.3 is 6.08 Å². The summed E-state index contributed by atoms with van der Waals surface area (Å²) >= 11 is 5.81. The Bertz CT molecular complexity index is 895. The molecular formula is C16H13ClF2N4O. The average Bonchev–Trinajstić information content (AvgIpc) is 3.31. The first-order chi connectivity index (χ1) is 11.6. The van der Waals surface area contributed by atoms with Crippen molar-refractivity contribution in [2.24, 2.45) is 5.92 Å². The second kappa shape index (κ2) is 5.80. The lowest BCUT2D eigenvalue weighted by Crippen LogP contribution is -2.30. The zero-order valence-electron chi connectivity index (χ0n) is 12.8. The summed E-state index contributed by atoms with van der Waals surface area (Å²) in [5, 5.41) is -0.0898. The maximum atomic E-state index is 14.4. The summed E-state index contributed by atoms with van der Waals surface area (Å²) in [6.45, 7) is 3.34. The number of rotatable bonds is 1. The van der Waals surface area contributed by atoms with Crippen LogP contribution in [0, 0.1) is 29.7 Å². The van der Waals surface area contributed by atoms with Crippen molar-refractivity contribution in [2.45, 2.75) is 19.4 Å². The second-order valence-corrected chi connectivity index (χ2v) is 6.17. The zero-order chi connectivity index (χ0) is 16.8. The molecule has 8 heteroatoms. The minimum absolute atomic E-state index is 0.197. The Hall–Kier alpha value is -2.04. The number of halogens is 3. The Labute approximate surface area is 142 Å². The van der Waals surface area contributed by atoms with Crippen LogP contribution in [-0.2, 0) is 4.74 Å². The molecule has 5 nitrogen and oxygen atoms in total. The third-order valence-corrected chi connectivity index (χ3v) is 4.56. The van der Waals surface area contributed by atoms with Crippen LogP contribution in [0.5, 0.6) is 0 Å². The molecule has 1 aliphatic heterocycles. The highest BCUT2D eigenvalue weighted by Crippen LogP contribution is 2.42. The molecule has 0 radical (unpaired) electrons. The van der Waals surface area contributed by atoms with Crippen LogP contribution in [0.4, 0.5) is 14.6 Å². The molecule has 4 rings (SSSR count). The molecule has 1 saturated heterocycles. The summed E-state index contributed by atoms with van der Waals surface area (Å²) in [5.74, 6) is 5.32. The lowest BCUT2D eigenvalue weighted by atomic mass is 10.2. The van der Waals surface area contributed by atoms with Crippen LogP contribution in [0.25, 0.3) is 10.9 Å². The number of hydrogen-bond acceptors (Lipinski definition) is 5. The molecule has 0 N–H and O–H groups in total. The molecule has 2 aliphatic rings. The van der Waals surface area contributed by atoms with Gasteiger partial charge in [-0.3, -0.25) is 0 Å². The molecule has 1 saturated carbocycles. The number of aromatic nitrogens is 3. The first kappa shape index (κ1) is 15.5. The van der Waals surface area contributed by atoms with Crippen molar-refractivity contribution in [3.8, 4) is 11.8 Å². The second-order valence-electron chi connectivity index (χ2n) is 5.81.